The van der Waals surface area contributed by atoms with Crippen molar-refractivity contribution in [3.05, 3.63) is 34.3 Å². The van der Waals surface area contributed by atoms with Crippen LogP contribution in [0.3, 0.4) is 0 Å². The Balaban J connectivity index is 2.93. The second-order valence-corrected chi connectivity index (χ2v) is 4.56. The molecular weight excluding hydrogens is 251 g/mol. The molecule has 1 rings (SSSR count). The average Bonchev–Trinajstić information content (AvgIpc) is 2.04. The van der Waals surface area contributed by atoms with Gasteiger partial charge < -0.3 is 5.11 Å². The fraction of sp³-hybridized carbons (Fsp3) is 0.400. The summed E-state index contributed by atoms with van der Waals surface area (Å²) in [5, 5.41) is 8.63. The van der Waals surface area contributed by atoms with Crippen molar-refractivity contribution in [2.24, 2.45) is 0 Å². The molecule has 1 N–H and O–H groups in total. The van der Waals surface area contributed by atoms with Crippen LogP contribution >= 0.6 is 27.5 Å². The summed E-state index contributed by atoms with van der Waals surface area (Å²) in [5.41, 5.74) is 0.741. The van der Waals surface area contributed by atoms with E-state index in [0.29, 0.717) is 6.42 Å². The molecule has 0 saturated carbocycles. The molecule has 0 fully saturated rings. The van der Waals surface area contributed by atoms with Crippen LogP contribution in [-0.2, 0) is 5.06 Å². The molecule has 0 amide bonds. The summed E-state index contributed by atoms with van der Waals surface area (Å²) in [6.07, 6.45) is 1.41. The van der Waals surface area contributed by atoms with E-state index < -0.39 is 5.06 Å². The van der Waals surface area contributed by atoms with E-state index in [2.05, 4.69) is 15.9 Å². The van der Waals surface area contributed by atoms with Crippen molar-refractivity contribution in [3.8, 4) is 0 Å². The minimum Gasteiger partial charge on any atom is -0.371 e. The third kappa shape index (κ3) is 2.97. The molecule has 0 heterocycles. The van der Waals surface area contributed by atoms with Gasteiger partial charge in [-0.3, -0.25) is 0 Å². The molecule has 72 valence electrons. The molecule has 13 heavy (non-hydrogen) atoms. The maximum absolute atomic E-state index is 9.85. The van der Waals surface area contributed by atoms with Crippen LogP contribution in [0.15, 0.2) is 28.7 Å². The van der Waals surface area contributed by atoms with Gasteiger partial charge in [-0.15, -0.1) is 0 Å². The lowest BCUT2D eigenvalue weighted by atomic mass is 10.1. The summed E-state index contributed by atoms with van der Waals surface area (Å²) in [7, 11) is 0. The van der Waals surface area contributed by atoms with Crippen molar-refractivity contribution >= 4 is 27.5 Å². The standard InChI is InChI=1S/C10H12BrClO/c1-2-6-10(12,13)8-4-3-5-9(11)7-8/h3-5,7,13H,2,6H2,1H3. The van der Waals surface area contributed by atoms with E-state index >= 15 is 0 Å². The van der Waals surface area contributed by atoms with Crippen LogP contribution in [0.1, 0.15) is 25.3 Å². The van der Waals surface area contributed by atoms with Gasteiger partial charge in [0.25, 0.3) is 0 Å². The van der Waals surface area contributed by atoms with Crippen LogP contribution in [0.25, 0.3) is 0 Å². The molecule has 0 aliphatic heterocycles. The van der Waals surface area contributed by atoms with Crippen LogP contribution in [0.5, 0.6) is 0 Å². The van der Waals surface area contributed by atoms with Crippen LogP contribution in [0.4, 0.5) is 0 Å². The zero-order valence-corrected chi connectivity index (χ0v) is 9.77. The summed E-state index contributed by atoms with van der Waals surface area (Å²) < 4.78 is 0.931. The van der Waals surface area contributed by atoms with E-state index in [1.807, 2.05) is 31.2 Å². The summed E-state index contributed by atoms with van der Waals surface area (Å²) in [4.78, 5) is 0. The highest BCUT2D eigenvalue weighted by molar-refractivity contribution is 9.10. The third-order valence-corrected chi connectivity index (χ3v) is 2.75. The molecule has 1 nitrogen and oxygen atoms in total. The SMILES string of the molecule is CCCC(O)(Cl)c1cccc(Br)c1. The lowest BCUT2D eigenvalue weighted by Gasteiger charge is -2.20. The minimum atomic E-state index is -1.22. The minimum absolute atomic E-state index is 0.561. The molecule has 0 aliphatic carbocycles. The lowest BCUT2D eigenvalue weighted by Crippen LogP contribution is -2.16. The van der Waals surface area contributed by atoms with Gasteiger partial charge in [-0.1, -0.05) is 53.0 Å². The highest BCUT2D eigenvalue weighted by Gasteiger charge is 2.24. The predicted octanol–water partition coefficient (Wildman–Crippen LogP) is 3.63. The van der Waals surface area contributed by atoms with Gasteiger partial charge in [0, 0.05) is 4.47 Å². The second kappa shape index (κ2) is 4.45. The van der Waals surface area contributed by atoms with E-state index in [1.54, 1.807) is 0 Å². The Labute approximate surface area is 91.9 Å². The number of halogens is 2. The average molecular weight is 264 g/mol. The molecule has 1 aromatic rings. The van der Waals surface area contributed by atoms with Gasteiger partial charge in [-0.05, 0) is 24.1 Å². The highest BCUT2D eigenvalue weighted by atomic mass is 79.9. The molecule has 1 aromatic carbocycles. The van der Waals surface area contributed by atoms with Gasteiger partial charge in [0.05, 0.1) is 0 Å². The van der Waals surface area contributed by atoms with E-state index in [4.69, 9.17) is 11.6 Å². The largest absolute Gasteiger partial charge is 0.371 e. The van der Waals surface area contributed by atoms with Crippen molar-refractivity contribution in [1.29, 1.82) is 0 Å². The lowest BCUT2D eigenvalue weighted by molar-refractivity contribution is 0.117. The summed E-state index contributed by atoms with van der Waals surface area (Å²) >= 11 is 9.30. The number of rotatable bonds is 3. The topological polar surface area (TPSA) is 20.2 Å². The Kier molecular flexibility index (Phi) is 3.77. The molecule has 1 unspecified atom stereocenters. The Hall–Kier alpha value is -0.0500. The van der Waals surface area contributed by atoms with Crippen LogP contribution in [0.2, 0.25) is 0 Å². The smallest absolute Gasteiger partial charge is 0.164 e. The molecule has 0 bridgehead atoms. The molecule has 0 aromatic heterocycles. The summed E-state index contributed by atoms with van der Waals surface area (Å²) in [5.74, 6) is 0. The molecule has 0 spiro atoms. The van der Waals surface area contributed by atoms with Crippen molar-refractivity contribution in [3.63, 3.8) is 0 Å². The van der Waals surface area contributed by atoms with Gasteiger partial charge in [0.1, 0.15) is 0 Å². The zero-order valence-electron chi connectivity index (χ0n) is 7.43. The Bertz CT molecular complexity index is 286. The van der Waals surface area contributed by atoms with E-state index in [9.17, 15) is 5.11 Å². The number of hydrogen-bond acceptors (Lipinski definition) is 1. The van der Waals surface area contributed by atoms with E-state index in [0.717, 1.165) is 16.5 Å². The second-order valence-electron chi connectivity index (χ2n) is 3.02. The third-order valence-electron chi connectivity index (χ3n) is 1.85. The maximum Gasteiger partial charge on any atom is 0.164 e. The maximum atomic E-state index is 9.85. The fourth-order valence-corrected chi connectivity index (χ4v) is 1.91. The first-order chi connectivity index (χ1) is 6.06. The molecular formula is C10H12BrClO. The Morgan fingerprint density at radius 1 is 1.54 bits per heavy atom. The van der Waals surface area contributed by atoms with E-state index in [-0.39, 0.29) is 0 Å². The predicted molar refractivity (Wildman–Crippen MR) is 58.8 cm³/mol. The van der Waals surface area contributed by atoms with Gasteiger partial charge in [-0.2, -0.15) is 0 Å². The van der Waals surface area contributed by atoms with E-state index in [1.165, 1.54) is 0 Å². The number of aliphatic hydroxyl groups is 1. The van der Waals surface area contributed by atoms with Crippen LogP contribution < -0.4 is 0 Å². The molecule has 1 atom stereocenters. The monoisotopic (exact) mass is 262 g/mol. The van der Waals surface area contributed by atoms with Gasteiger partial charge in [0.2, 0.25) is 0 Å². The molecule has 0 saturated heterocycles. The zero-order chi connectivity index (χ0) is 9.90. The Morgan fingerprint density at radius 2 is 2.23 bits per heavy atom. The fourth-order valence-electron chi connectivity index (χ4n) is 1.20. The van der Waals surface area contributed by atoms with Crippen molar-refractivity contribution < 1.29 is 5.11 Å². The summed E-state index contributed by atoms with van der Waals surface area (Å²) in [6.45, 7) is 1.99. The van der Waals surface area contributed by atoms with Crippen LogP contribution in [-0.4, -0.2) is 5.11 Å². The van der Waals surface area contributed by atoms with Crippen LogP contribution in [0, 0.1) is 0 Å². The first kappa shape index (κ1) is 11.0. The number of alkyl halides is 1. The van der Waals surface area contributed by atoms with Gasteiger partial charge in [0.15, 0.2) is 5.06 Å². The highest BCUT2D eigenvalue weighted by Crippen LogP contribution is 2.32. The molecule has 0 radical (unpaired) electrons. The summed E-state index contributed by atoms with van der Waals surface area (Å²) in [6, 6.07) is 7.43. The molecule has 0 aliphatic rings. The first-order valence-corrected chi connectivity index (χ1v) is 5.40. The molecule has 3 heteroatoms. The van der Waals surface area contributed by atoms with Crippen molar-refractivity contribution in [1.82, 2.24) is 0 Å². The van der Waals surface area contributed by atoms with Gasteiger partial charge >= 0.3 is 0 Å². The van der Waals surface area contributed by atoms with Gasteiger partial charge in [-0.25, -0.2) is 0 Å². The number of hydrogen-bond donors (Lipinski definition) is 1. The van der Waals surface area contributed by atoms with Crippen molar-refractivity contribution in [2.75, 3.05) is 0 Å². The number of benzene rings is 1. The first-order valence-electron chi connectivity index (χ1n) is 4.23. The van der Waals surface area contributed by atoms with Crippen molar-refractivity contribution in [2.45, 2.75) is 24.8 Å². The quantitative estimate of drug-likeness (QED) is 0.826. The Morgan fingerprint density at radius 3 is 2.77 bits per heavy atom. The normalized spacial score (nSPS) is 15.4.